The van der Waals surface area contributed by atoms with Gasteiger partial charge in [-0.05, 0) is 49.3 Å². The standard InChI is InChI=1S/C16H20FNO5S/c17-14-10-13(2-1-11(14)9-15(19)20)24(21,22)18-16(5-6-16)12-3-7-23-8-4-12/h1-2,10,12,18H,3-9H2,(H,19,20). The van der Waals surface area contributed by atoms with E-state index in [1.807, 2.05) is 0 Å². The molecule has 1 heterocycles. The van der Waals surface area contributed by atoms with Gasteiger partial charge in [-0.25, -0.2) is 17.5 Å². The van der Waals surface area contributed by atoms with E-state index in [9.17, 15) is 17.6 Å². The average Bonchev–Trinajstić information content (AvgIpc) is 3.30. The summed E-state index contributed by atoms with van der Waals surface area (Å²) in [5, 5.41) is 8.72. The predicted molar refractivity (Wildman–Crippen MR) is 83.6 cm³/mol. The van der Waals surface area contributed by atoms with Gasteiger partial charge >= 0.3 is 5.97 Å². The third-order valence-corrected chi connectivity index (χ3v) is 6.36. The second-order valence-electron chi connectivity index (χ2n) is 6.47. The number of nitrogens with one attached hydrogen (secondary N) is 1. The number of benzene rings is 1. The zero-order chi connectivity index (χ0) is 17.4. The van der Waals surface area contributed by atoms with Gasteiger partial charge < -0.3 is 9.84 Å². The van der Waals surface area contributed by atoms with E-state index in [0.717, 1.165) is 31.7 Å². The van der Waals surface area contributed by atoms with Gasteiger partial charge in [-0.3, -0.25) is 4.79 Å². The Hall–Kier alpha value is -1.51. The van der Waals surface area contributed by atoms with Crippen molar-refractivity contribution in [2.24, 2.45) is 5.92 Å². The molecule has 8 heteroatoms. The number of aliphatic carboxylic acids is 1. The maximum Gasteiger partial charge on any atom is 0.307 e. The summed E-state index contributed by atoms with van der Waals surface area (Å²) in [4.78, 5) is 10.5. The van der Waals surface area contributed by atoms with Crippen molar-refractivity contribution in [2.75, 3.05) is 13.2 Å². The van der Waals surface area contributed by atoms with Crippen molar-refractivity contribution >= 4 is 16.0 Å². The highest BCUT2D eigenvalue weighted by atomic mass is 32.2. The van der Waals surface area contributed by atoms with Crippen LogP contribution in [0.1, 0.15) is 31.2 Å². The molecule has 0 atom stereocenters. The van der Waals surface area contributed by atoms with Crippen LogP contribution in [-0.2, 0) is 26.0 Å². The Labute approximate surface area is 140 Å². The van der Waals surface area contributed by atoms with Gasteiger partial charge in [-0.1, -0.05) is 6.07 Å². The van der Waals surface area contributed by atoms with Crippen LogP contribution in [-0.4, -0.2) is 38.2 Å². The fraction of sp³-hybridized carbons (Fsp3) is 0.562. The molecule has 0 spiro atoms. The van der Waals surface area contributed by atoms with E-state index >= 15 is 0 Å². The van der Waals surface area contributed by atoms with Crippen LogP contribution in [0, 0.1) is 11.7 Å². The number of rotatable bonds is 6. The highest BCUT2D eigenvalue weighted by Gasteiger charge is 2.51. The van der Waals surface area contributed by atoms with Crippen LogP contribution in [0.25, 0.3) is 0 Å². The number of carboxylic acid groups (broad SMARTS) is 1. The molecule has 1 saturated heterocycles. The summed E-state index contributed by atoms with van der Waals surface area (Å²) in [5.41, 5.74) is -0.481. The lowest BCUT2D eigenvalue weighted by Crippen LogP contribution is -2.44. The molecule has 0 amide bonds. The van der Waals surface area contributed by atoms with E-state index in [1.54, 1.807) is 0 Å². The topological polar surface area (TPSA) is 92.7 Å². The molecule has 0 bridgehead atoms. The summed E-state index contributed by atoms with van der Waals surface area (Å²) in [5.74, 6) is -1.76. The molecule has 1 aliphatic heterocycles. The first-order chi connectivity index (χ1) is 11.3. The number of carbonyl (C=O) groups is 1. The fourth-order valence-electron chi connectivity index (χ4n) is 3.31. The van der Waals surface area contributed by atoms with Crippen molar-refractivity contribution in [3.05, 3.63) is 29.6 Å². The highest BCUT2D eigenvalue weighted by Crippen LogP contribution is 2.47. The maximum atomic E-state index is 14.0. The van der Waals surface area contributed by atoms with Crippen molar-refractivity contribution < 1.29 is 27.4 Å². The zero-order valence-corrected chi connectivity index (χ0v) is 13.9. The maximum absolute atomic E-state index is 14.0. The van der Waals surface area contributed by atoms with Crippen molar-refractivity contribution in [3.8, 4) is 0 Å². The third-order valence-electron chi connectivity index (χ3n) is 4.81. The first-order valence-electron chi connectivity index (χ1n) is 7.94. The van der Waals surface area contributed by atoms with Gasteiger partial charge in [0.25, 0.3) is 0 Å². The molecule has 132 valence electrons. The van der Waals surface area contributed by atoms with E-state index in [2.05, 4.69) is 4.72 Å². The van der Waals surface area contributed by atoms with Crippen LogP contribution in [0.3, 0.4) is 0 Å². The van der Waals surface area contributed by atoms with E-state index in [1.165, 1.54) is 12.1 Å². The predicted octanol–water partition coefficient (Wildman–Crippen LogP) is 1.69. The van der Waals surface area contributed by atoms with Crippen LogP contribution in [0.5, 0.6) is 0 Å². The van der Waals surface area contributed by atoms with Crippen molar-refractivity contribution in [3.63, 3.8) is 0 Å². The largest absolute Gasteiger partial charge is 0.481 e. The summed E-state index contributed by atoms with van der Waals surface area (Å²) in [6.07, 6.45) is 2.70. The molecule has 3 rings (SSSR count). The van der Waals surface area contributed by atoms with Gasteiger partial charge in [0.1, 0.15) is 5.82 Å². The Morgan fingerprint density at radius 1 is 1.33 bits per heavy atom. The summed E-state index contributed by atoms with van der Waals surface area (Å²) < 4.78 is 47.2. The summed E-state index contributed by atoms with van der Waals surface area (Å²) >= 11 is 0. The molecule has 0 aromatic heterocycles. The first-order valence-corrected chi connectivity index (χ1v) is 9.43. The molecule has 2 N–H and O–H groups in total. The van der Waals surface area contributed by atoms with Crippen LogP contribution in [0.4, 0.5) is 4.39 Å². The van der Waals surface area contributed by atoms with Crippen molar-refractivity contribution in [2.45, 2.75) is 42.5 Å². The second kappa shape index (κ2) is 6.42. The third kappa shape index (κ3) is 3.60. The SMILES string of the molecule is O=C(O)Cc1ccc(S(=O)(=O)NC2(C3CCOCC3)CC2)cc1F. The molecule has 1 saturated carbocycles. The molecule has 2 fully saturated rings. The Bertz CT molecular complexity index is 739. The molecular weight excluding hydrogens is 337 g/mol. The molecule has 0 unspecified atom stereocenters. The van der Waals surface area contributed by atoms with Gasteiger partial charge in [0.2, 0.25) is 10.0 Å². The van der Waals surface area contributed by atoms with Crippen LogP contribution >= 0.6 is 0 Å². The van der Waals surface area contributed by atoms with Crippen LogP contribution in [0.15, 0.2) is 23.1 Å². The van der Waals surface area contributed by atoms with Gasteiger partial charge in [0.05, 0.1) is 11.3 Å². The monoisotopic (exact) mass is 357 g/mol. The van der Waals surface area contributed by atoms with Crippen molar-refractivity contribution in [1.82, 2.24) is 4.72 Å². The zero-order valence-electron chi connectivity index (χ0n) is 13.1. The normalized spacial score (nSPS) is 20.7. The van der Waals surface area contributed by atoms with Gasteiger partial charge in [-0.2, -0.15) is 0 Å². The van der Waals surface area contributed by atoms with Crippen molar-refractivity contribution in [1.29, 1.82) is 0 Å². The lowest BCUT2D eigenvalue weighted by Gasteiger charge is -2.31. The van der Waals surface area contributed by atoms with E-state index in [-0.39, 0.29) is 16.4 Å². The summed E-state index contributed by atoms with van der Waals surface area (Å²) in [6, 6.07) is 3.36. The fourth-order valence-corrected chi connectivity index (χ4v) is 4.84. The number of ether oxygens (including phenoxy) is 1. The lowest BCUT2D eigenvalue weighted by atomic mass is 9.90. The van der Waals surface area contributed by atoms with E-state index < -0.39 is 33.8 Å². The minimum absolute atomic E-state index is 0.0352. The quantitative estimate of drug-likeness (QED) is 0.808. The highest BCUT2D eigenvalue weighted by molar-refractivity contribution is 7.89. The molecule has 1 aromatic carbocycles. The lowest BCUT2D eigenvalue weighted by molar-refractivity contribution is -0.136. The number of hydrogen-bond acceptors (Lipinski definition) is 4. The Morgan fingerprint density at radius 2 is 2.00 bits per heavy atom. The smallest absolute Gasteiger partial charge is 0.307 e. The number of carboxylic acids is 1. The average molecular weight is 357 g/mol. The number of hydrogen-bond donors (Lipinski definition) is 2. The molecule has 1 aromatic rings. The van der Waals surface area contributed by atoms with Gasteiger partial charge in [0, 0.05) is 18.8 Å². The molecule has 6 nitrogen and oxygen atoms in total. The Balaban J connectivity index is 1.78. The minimum atomic E-state index is -3.85. The first kappa shape index (κ1) is 17.3. The molecule has 1 aliphatic carbocycles. The van der Waals surface area contributed by atoms with Crippen LogP contribution < -0.4 is 4.72 Å². The second-order valence-corrected chi connectivity index (χ2v) is 8.15. The molecule has 0 radical (unpaired) electrons. The molecule has 2 aliphatic rings. The number of sulfonamides is 1. The van der Waals surface area contributed by atoms with Gasteiger partial charge in [-0.15, -0.1) is 0 Å². The van der Waals surface area contributed by atoms with Gasteiger partial charge in [0.15, 0.2) is 0 Å². The number of halogens is 1. The summed E-state index contributed by atoms with van der Waals surface area (Å²) in [7, 11) is -3.85. The van der Waals surface area contributed by atoms with E-state index in [0.29, 0.717) is 13.2 Å². The van der Waals surface area contributed by atoms with E-state index in [4.69, 9.17) is 9.84 Å². The summed E-state index contributed by atoms with van der Waals surface area (Å²) in [6.45, 7) is 1.26. The Morgan fingerprint density at radius 3 is 2.54 bits per heavy atom. The van der Waals surface area contributed by atoms with Crippen LogP contribution in [0.2, 0.25) is 0 Å². The Kier molecular flexibility index (Phi) is 4.63. The minimum Gasteiger partial charge on any atom is -0.481 e. The molecular formula is C16H20FNO5S. The molecule has 24 heavy (non-hydrogen) atoms.